The summed E-state index contributed by atoms with van der Waals surface area (Å²) < 4.78 is 28.4. The van der Waals surface area contributed by atoms with E-state index in [4.69, 9.17) is 5.11 Å². The maximum Gasteiger partial charge on any atom is 0.335 e. The lowest BCUT2D eigenvalue weighted by Crippen LogP contribution is -2.18. The number of aromatic carboxylic acids is 1. The summed E-state index contributed by atoms with van der Waals surface area (Å²) >= 11 is 0. The normalized spacial score (nSPS) is 11.4. The van der Waals surface area contributed by atoms with Crippen molar-refractivity contribution in [2.24, 2.45) is 0 Å². The largest absolute Gasteiger partial charge is 0.478 e. The molecule has 0 unspecified atom stereocenters. The van der Waals surface area contributed by atoms with Crippen LogP contribution in [-0.4, -0.2) is 19.5 Å². The number of benzene rings is 2. The molecule has 0 radical (unpaired) electrons. The summed E-state index contributed by atoms with van der Waals surface area (Å²) in [5, 5.41) is 9.10. The fraction of sp³-hybridized carbons (Fsp3) is 0.278. The van der Waals surface area contributed by atoms with Crippen LogP contribution < -0.4 is 4.72 Å². The van der Waals surface area contributed by atoms with Crippen molar-refractivity contribution in [3.63, 3.8) is 0 Å². The van der Waals surface area contributed by atoms with Crippen molar-refractivity contribution in [3.8, 4) is 0 Å². The molecule has 24 heavy (non-hydrogen) atoms. The van der Waals surface area contributed by atoms with Gasteiger partial charge in [0.1, 0.15) is 0 Å². The zero-order valence-electron chi connectivity index (χ0n) is 14.4. The Labute approximate surface area is 142 Å². The Bertz CT molecular complexity index is 904. The second-order valence-corrected chi connectivity index (χ2v) is 7.65. The average molecular weight is 347 g/mol. The van der Waals surface area contributed by atoms with Crippen LogP contribution in [-0.2, 0) is 10.0 Å². The van der Waals surface area contributed by atoms with Crippen LogP contribution in [0.25, 0.3) is 0 Å². The van der Waals surface area contributed by atoms with Gasteiger partial charge in [0.15, 0.2) is 0 Å². The number of hydrogen-bond acceptors (Lipinski definition) is 3. The second-order valence-electron chi connectivity index (χ2n) is 6.03. The molecule has 0 fully saturated rings. The molecule has 0 aliphatic rings. The fourth-order valence-electron chi connectivity index (χ4n) is 2.64. The lowest BCUT2D eigenvalue weighted by Gasteiger charge is -2.17. The predicted octanol–water partition coefficient (Wildman–Crippen LogP) is 3.73. The third-order valence-corrected chi connectivity index (χ3v) is 5.93. The van der Waals surface area contributed by atoms with Crippen molar-refractivity contribution >= 4 is 21.7 Å². The van der Waals surface area contributed by atoms with Crippen molar-refractivity contribution in [1.29, 1.82) is 0 Å². The minimum atomic E-state index is -3.83. The summed E-state index contributed by atoms with van der Waals surface area (Å²) in [4.78, 5) is 11.4. The van der Waals surface area contributed by atoms with E-state index in [-0.39, 0.29) is 16.1 Å². The lowest BCUT2D eigenvalue weighted by atomic mass is 10.0. The minimum Gasteiger partial charge on any atom is -0.478 e. The van der Waals surface area contributed by atoms with Crippen molar-refractivity contribution in [3.05, 3.63) is 57.6 Å². The number of hydrogen-bond donors (Lipinski definition) is 2. The third kappa shape index (κ3) is 3.28. The van der Waals surface area contributed by atoms with Gasteiger partial charge in [0, 0.05) is 0 Å². The average Bonchev–Trinajstić information content (AvgIpc) is 2.47. The highest BCUT2D eigenvalue weighted by Crippen LogP contribution is 2.29. The number of carbonyl (C=O) groups is 1. The zero-order valence-corrected chi connectivity index (χ0v) is 15.2. The SMILES string of the molecule is Cc1ccc(C(=O)O)cc1NS(=O)(=O)c1c(C)c(C)cc(C)c1C. The van der Waals surface area contributed by atoms with Gasteiger partial charge in [-0.1, -0.05) is 12.1 Å². The van der Waals surface area contributed by atoms with Crippen molar-refractivity contribution in [2.75, 3.05) is 4.72 Å². The van der Waals surface area contributed by atoms with Crippen LogP contribution in [0.2, 0.25) is 0 Å². The van der Waals surface area contributed by atoms with E-state index in [0.29, 0.717) is 16.7 Å². The van der Waals surface area contributed by atoms with Gasteiger partial charge in [0.2, 0.25) is 0 Å². The van der Waals surface area contributed by atoms with Gasteiger partial charge >= 0.3 is 5.97 Å². The molecule has 0 aromatic heterocycles. The van der Waals surface area contributed by atoms with Gasteiger partial charge in [0.05, 0.1) is 16.1 Å². The topological polar surface area (TPSA) is 83.5 Å². The van der Waals surface area contributed by atoms with Crippen LogP contribution in [0.4, 0.5) is 5.69 Å². The number of anilines is 1. The van der Waals surface area contributed by atoms with E-state index >= 15 is 0 Å². The Balaban J connectivity index is 2.59. The summed E-state index contributed by atoms with van der Waals surface area (Å²) in [5.74, 6) is -1.10. The first kappa shape index (κ1) is 18.0. The van der Waals surface area contributed by atoms with Gasteiger partial charge in [-0.3, -0.25) is 4.72 Å². The van der Waals surface area contributed by atoms with Gasteiger partial charge in [-0.05, 0) is 74.6 Å². The van der Waals surface area contributed by atoms with Crippen molar-refractivity contribution in [1.82, 2.24) is 0 Å². The molecule has 2 rings (SSSR count). The summed E-state index contributed by atoms with van der Waals surface area (Å²) in [6, 6.07) is 6.33. The number of carboxylic acids is 1. The van der Waals surface area contributed by atoms with Crippen LogP contribution in [0.5, 0.6) is 0 Å². The van der Waals surface area contributed by atoms with Gasteiger partial charge < -0.3 is 5.11 Å². The van der Waals surface area contributed by atoms with E-state index in [0.717, 1.165) is 11.1 Å². The Morgan fingerprint density at radius 1 is 0.917 bits per heavy atom. The molecule has 0 spiro atoms. The molecule has 0 saturated heterocycles. The van der Waals surface area contributed by atoms with Crippen LogP contribution in [0, 0.1) is 34.6 Å². The molecule has 0 atom stereocenters. The van der Waals surface area contributed by atoms with E-state index in [1.54, 1.807) is 26.8 Å². The van der Waals surface area contributed by atoms with E-state index in [9.17, 15) is 13.2 Å². The Morgan fingerprint density at radius 2 is 1.46 bits per heavy atom. The Kier molecular flexibility index (Phi) is 4.71. The molecule has 2 N–H and O–H groups in total. The van der Waals surface area contributed by atoms with Crippen LogP contribution in [0.15, 0.2) is 29.2 Å². The molecule has 0 heterocycles. The highest BCUT2D eigenvalue weighted by atomic mass is 32.2. The first-order valence-corrected chi connectivity index (χ1v) is 8.97. The number of sulfonamides is 1. The van der Waals surface area contributed by atoms with Gasteiger partial charge in [-0.25, -0.2) is 13.2 Å². The molecule has 0 aliphatic heterocycles. The highest BCUT2D eigenvalue weighted by molar-refractivity contribution is 7.92. The van der Waals surface area contributed by atoms with Gasteiger partial charge in [0.25, 0.3) is 10.0 Å². The first-order chi connectivity index (χ1) is 11.0. The monoisotopic (exact) mass is 347 g/mol. The van der Waals surface area contributed by atoms with Crippen LogP contribution in [0.1, 0.15) is 38.2 Å². The molecule has 2 aromatic rings. The molecule has 0 saturated carbocycles. The lowest BCUT2D eigenvalue weighted by molar-refractivity contribution is 0.0697. The molecule has 0 aliphatic carbocycles. The molecular weight excluding hydrogens is 326 g/mol. The number of aryl methyl sites for hydroxylation is 3. The molecule has 128 valence electrons. The molecule has 0 amide bonds. The smallest absolute Gasteiger partial charge is 0.335 e. The van der Waals surface area contributed by atoms with Crippen molar-refractivity contribution < 1.29 is 18.3 Å². The summed E-state index contributed by atoms with van der Waals surface area (Å²) in [7, 11) is -3.83. The molecular formula is C18H21NO4S. The van der Waals surface area contributed by atoms with Gasteiger partial charge in [-0.2, -0.15) is 0 Å². The van der Waals surface area contributed by atoms with E-state index in [2.05, 4.69) is 4.72 Å². The second kappa shape index (κ2) is 6.28. The molecule has 6 heteroatoms. The standard InChI is InChI=1S/C18H21NO4S/c1-10-6-7-15(18(20)21)9-16(10)19-24(22,23)17-13(4)11(2)8-12(3)14(17)5/h6-9,19H,1-5H3,(H,20,21). The number of carboxylic acid groups (broad SMARTS) is 1. The van der Waals surface area contributed by atoms with E-state index in [1.807, 2.05) is 19.9 Å². The summed E-state index contributed by atoms with van der Waals surface area (Å²) in [5.41, 5.74) is 4.14. The summed E-state index contributed by atoms with van der Waals surface area (Å²) in [6.45, 7) is 9.02. The predicted molar refractivity (Wildman–Crippen MR) is 94.3 cm³/mol. The highest BCUT2D eigenvalue weighted by Gasteiger charge is 2.23. The van der Waals surface area contributed by atoms with Crippen LogP contribution >= 0.6 is 0 Å². The number of rotatable bonds is 4. The zero-order chi connectivity index (χ0) is 18.2. The maximum absolute atomic E-state index is 12.9. The van der Waals surface area contributed by atoms with Crippen LogP contribution in [0.3, 0.4) is 0 Å². The number of nitrogens with one attached hydrogen (secondary N) is 1. The Morgan fingerprint density at radius 3 is 1.96 bits per heavy atom. The van der Waals surface area contributed by atoms with E-state index < -0.39 is 16.0 Å². The Hall–Kier alpha value is -2.34. The molecule has 5 nitrogen and oxygen atoms in total. The quantitative estimate of drug-likeness (QED) is 0.883. The van der Waals surface area contributed by atoms with Crippen molar-refractivity contribution in [2.45, 2.75) is 39.5 Å². The fourth-order valence-corrected chi connectivity index (χ4v) is 4.38. The summed E-state index contributed by atoms with van der Waals surface area (Å²) in [6.07, 6.45) is 0. The molecule has 2 aromatic carbocycles. The minimum absolute atomic E-state index is 0.0344. The van der Waals surface area contributed by atoms with Gasteiger partial charge in [-0.15, -0.1) is 0 Å². The molecule has 0 bridgehead atoms. The maximum atomic E-state index is 12.9. The third-order valence-electron chi connectivity index (χ3n) is 4.29. The first-order valence-electron chi connectivity index (χ1n) is 7.48. The van der Waals surface area contributed by atoms with E-state index in [1.165, 1.54) is 12.1 Å².